The molecule has 1 aliphatic heterocycles. The molecule has 1 aliphatic rings. The number of rotatable bonds is 5. The predicted molar refractivity (Wildman–Crippen MR) is 120 cm³/mol. The van der Waals surface area contributed by atoms with Crippen LogP contribution in [0.5, 0.6) is 0 Å². The third-order valence-electron chi connectivity index (χ3n) is 5.94. The lowest BCUT2D eigenvalue weighted by molar-refractivity contribution is 0.0908. The molecule has 3 aromatic rings. The molecule has 156 valence electrons. The van der Waals surface area contributed by atoms with Crippen molar-refractivity contribution in [2.45, 2.75) is 46.2 Å². The molecule has 0 unspecified atom stereocenters. The van der Waals surface area contributed by atoms with Gasteiger partial charge in [-0.1, -0.05) is 17.7 Å². The second kappa shape index (κ2) is 8.84. The van der Waals surface area contributed by atoms with Crippen molar-refractivity contribution >= 4 is 5.91 Å². The molecule has 1 aromatic carbocycles. The van der Waals surface area contributed by atoms with Crippen molar-refractivity contribution in [1.82, 2.24) is 19.8 Å². The first kappa shape index (κ1) is 20.4. The van der Waals surface area contributed by atoms with E-state index in [-0.39, 0.29) is 11.9 Å². The van der Waals surface area contributed by atoms with E-state index in [4.69, 9.17) is 0 Å². The molecule has 1 N–H and O–H groups in total. The highest BCUT2D eigenvalue weighted by Crippen LogP contribution is 2.22. The minimum absolute atomic E-state index is 0.0179. The molecule has 3 heterocycles. The molecule has 0 saturated carbocycles. The van der Waals surface area contributed by atoms with E-state index in [0.29, 0.717) is 0 Å². The highest BCUT2D eigenvalue weighted by atomic mass is 16.1. The van der Waals surface area contributed by atoms with Gasteiger partial charge in [-0.15, -0.1) is 0 Å². The summed E-state index contributed by atoms with van der Waals surface area (Å²) in [6, 6.07) is 16.6. The van der Waals surface area contributed by atoms with E-state index in [1.54, 1.807) is 0 Å². The molecule has 4 rings (SSSR count). The summed E-state index contributed by atoms with van der Waals surface area (Å²) in [7, 11) is 0. The van der Waals surface area contributed by atoms with Gasteiger partial charge in [0.15, 0.2) is 0 Å². The molecule has 0 spiro atoms. The smallest absolute Gasteiger partial charge is 0.253 e. The normalized spacial score (nSPS) is 15.3. The summed E-state index contributed by atoms with van der Waals surface area (Å²) in [5.41, 5.74) is 6.15. The first-order chi connectivity index (χ1) is 14.5. The van der Waals surface area contributed by atoms with E-state index in [1.165, 1.54) is 0 Å². The zero-order valence-corrected chi connectivity index (χ0v) is 18.1. The van der Waals surface area contributed by atoms with E-state index in [1.807, 2.05) is 31.3 Å². The second-order valence-corrected chi connectivity index (χ2v) is 8.32. The van der Waals surface area contributed by atoms with Crippen LogP contribution in [0.1, 0.15) is 45.8 Å². The molecule has 30 heavy (non-hydrogen) atoms. The van der Waals surface area contributed by atoms with Gasteiger partial charge in [0.1, 0.15) is 0 Å². The molecule has 0 radical (unpaired) electrons. The van der Waals surface area contributed by atoms with E-state index in [0.717, 1.165) is 66.4 Å². The standard InChI is InChI=1S/C25H30N4O/c1-18-7-10-24(29-19(2)8-9-20(29)3)23(16-18)25(30)27-21-11-14-28(15-12-21)17-22-6-4-5-13-26-22/h4-10,13,16,21H,11-12,14-15,17H2,1-3H3,(H,27,30). The summed E-state index contributed by atoms with van der Waals surface area (Å²) < 4.78 is 2.16. The fraction of sp³-hybridized carbons (Fsp3) is 0.360. The van der Waals surface area contributed by atoms with Gasteiger partial charge in [0.25, 0.3) is 5.91 Å². The van der Waals surface area contributed by atoms with Gasteiger partial charge in [0.2, 0.25) is 0 Å². The summed E-state index contributed by atoms with van der Waals surface area (Å²) in [4.78, 5) is 20.1. The number of nitrogens with one attached hydrogen (secondary N) is 1. The molecule has 5 nitrogen and oxygen atoms in total. The maximum atomic E-state index is 13.2. The van der Waals surface area contributed by atoms with E-state index in [2.05, 4.69) is 63.9 Å². The number of hydrogen-bond donors (Lipinski definition) is 1. The Labute approximate surface area is 178 Å². The molecular formula is C25H30N4O. The van der Waals surface area contributed by atoms with Gasteiger partial charge in [-0.25, -0.2) is 0 Å². The van der Waals surface area contributed by atoms with Gasteiger partial charge >= 0.3 is 0 Å². The topological polar surface area (TPSA) is 50.2 Å². The maximum absolute atomic E-state index is 13.2. The maximum Gasteiger partial charge on any atom is 0.253 e. The van der Waals surface area contributed by atoms with Crippen molar-refractivity contribution in [3.05, 3.63) is 82.9 Å². The molecule has 2 aromatic heterocycles. The van der Waals surface area contributed by atoms with E-state index in [9.17, 15) is 4.79 Å². The van der Waals surface area contributed by atoms with Crippen LogP contribution in [0.3, 0.4) is 0 Å². The van der Waals surface area contributed by atoms with Gasteiger partial charge in [0.05, 0.1) is 16.9 Å². The van der Waals surface area contributed by atoms with Gasteiger partial charge in [-0.2, -0.15) is 0 Å². The SMILES string of the molecule is Cc1ccc(-n2c(C)ccc2C)c(C(=O)NC2CCN(Cc3ccccn3)CC2)c1. The number of carbonyl (C=O) groups is 1. The lowest BCUT2D eigenvalue weighted by atomic mass is 10.0. The van der Waals surface area contributed by atoms with Crippen LogP contribution in [0.15, 0.2) is 54.7 Å². The lowest BCUT2D eigenvalue weighted by Crippen LogP contribution is -2.44. The highest BCUT2D eigenvalue weighted by molar-refractivity contribution is 5.98. The number of likely N-dealkylation sites (tertiary alicyclic amines) is 1. The summed E-state index contributed by atoms with van der Waals surface area (Å²) in [5.74, 6) is 0.0179. The van der Waals surface area contributed by atoms with E-state index < -0.39 is 0 Å². The fourth-order valence-electron chi connectivity index (χ4n) is 4.29. The number of nitrogens with zero attached hydrogens (tertiary/aromatic N) is 3. The molecule has 0 bridgehead atoms. The molecule has 1 saturated heterocycles. The fourth-order valence-corrected chi connectivity index (χ4v) is 4.29. The van der Waals surface area contributed by atoms with Crippen LogP contribution >= 0.6 is 0 Å². The lowest BCUT2D eigenvalue weighted by Gasteiger charge is -2.32. The number of hydrogen-bond acceptors (Lipinski definition) is 3. The minimum atomic E-state index is 0.0179. The first-order valence-corrected chi connectivity index (χ1v) is 10.7. The summed E-state index contributed by atoms with van der Waals surface area (Å²) >= 11 is 0. The van der Waals surface area contributed by atoms with Crippen LogP contribution < -0.4 is 5.32 Å². The van der Waals surface area contributed by atoms with Gasteiger partial charge in [-0.05, 0) is 70.0 Å². The molecule has 5 heteroatoms. The van der Waals surface area contributed by atoms with Crippen LogP contribution in [-0.4, -0.2) is 39.5 Å². The molecular weight excluding hydrogens is 372 g/mol. The minimum Gasteiger partial charge on any atom is -0.349 e. The van der Waals surface area contributed by atoms with Gasteiger partial charge in [0, 0.05) is 43.3 Å². The molecule has 0 aliphatic carbocycles. The van der Waals surface area contributed by atoms with Gasteiger partial charge < -0.3 is 9.88 Å². The summed E-state index contributed by atoms with van der Waals surface area (Å²) in [6.07, 6.45) is 3.76. The van der Waals surface area contributed by atoms with Crippen LogP contribution in [0, 0.1) is 20.8 Å². The Morgan fingerprint density at radius 3 is 2.43 bits per heavy atom. The Kier molecular flexibility index (Phi) is 6.00. The summed E-state index contributed by atoms with van der Waals surface area (Å²) in [5, 5.41) is 3.29. The van der Waals surface area contributed by atoms with Crippen molar-refractivity contribution in [3.63, 3.8) is 0 Å². The third kappa shape index (κ3) is 4.46. The Morgan fingerprint density at radius 2 is 1.77 bits per heavy atom. The second-order valence-electron chi connectivity index (χ2n) is 8.32. The number of benzene rings is 1. The Hall–Kier alpha value is -2.92. The van der Waals surface area contributed by atoms with Crippen molar-refractivity contribution in [3.8, 4) is 5.69 Å². The zero-order chi connectivity index (χ0) is 21.1. The van der Waals surface area contributed by atoms with Crippen molar-refractivity contribution in [2.24, 2.45) is 0 Å². The van der Waals surface area contributed by atoms with Crippen LogP contribution in [0.4, 0.5) is 0 Å². The molecule has 1 amide bonds. The van der Waals surface area contributed by atoms with Gasteiger partial charge in [-0.3, -0.25) is 14.7 Å². The monoisotopic (exact) mass is 402 g/mol. The number of carbonyl (C=O) groups excluding carboxylic acids is 1. The van der Waals surface area contributed by atoms with Crippen LogP contribution in [0.2, 0.25) is 0 Å². The Balaban J connectivity index is 1.43. The third-order valence-corrected chi connectivity index (χ3v) is 5.94. The van der Waals surface area contributed by atoms with Crippen molar-refractivity contribution < 1.29 is 4.79 Å². The summed E-state index contributed by atoms with van der Waals surface area (Å²) in [6.45, 7) is 9.00. The largest absolute Gasteiger partial charge is 0.349 e. The molecule has 0 atom stereocenters. The average molecular weight is 403 g/mol. The number of aryl methyl sites for hydroxylation is 3. The van der Waals surface area contributed by atoms with E-state index >= 15 is 0 Å². The quantitative estimate of drug-likeness (QED) is 0.696. The number of piperidine rings is 1. The zero-order valence-electron chi connectivity index (χ0n) is 18.1. The van der Waals surface area contributed by atoms with Crippen molar-refractivity contribution in [2.75, 3.05) is 13.1 Å². The average Bonchev–Trinajstić information content (AvgIpc) is 3.08. The van der Waals surface area contributed by atoms with Crippen LogP contribution in [0.25, 0.3) is 5.69 Å². The first-order valence-electron chi connectivity index (χ1n) is 10.7. The van der Waals surface area contributed by atoms with Crippen molar-refractivity contribution in [1.29, 1.82) is 0 Å². The Morgan fingerprint density at radius 1 is 1.03 bits per heavy atom. The number of aromatic nitrogens is 2. The Bertz CT molecular complexity index is 997. The number of amides is 1. The number of pyridine rings is 1. The highest BCUT2D eigenvalue weighted by Gasteiger charge is 2.23. The van der Waals surface area contributed by atoms with Crippen LogP contribution in [-0.2, 0) is 6.54 Å². The predicted octanol–water partition coefficient (Wildman–Crippen LogP) is 4.19. The molecule has 1 fully saturated rings.